The Balaban J connectivity index is -0.000000103. The predicted molar refractivity (Wildman–Crippen MR) is 61.7 cm³/mol. The third kappa shape index (κ3) is 19.2. The van der Waals surface area contributed by atoms with Crippen molar-refractivity contribution in [1.29, 1.82) is 0 Å². The Labute approximate surface area is 126 Å². The van der Waals surface area contributed by atoms with E-state index < -0.39 is 4.92 Å². The third-order valence-electron chi connectivity index (χ3n) is 1.81. The molecule has 0 radical (unpaired) electrons. The summed E-state index contributed by atoms with van der Waals surface area (Å²) in [4.78, 5) is 12.5. The van der Waals surface area contributed by atoms with Crippen LogP contribution in [0.15, 0.2) is 29.4 Å². The van der Waals surface area contributed by atoms with Crippen molar-refractivity contribution in [1.82, 2.24) is 0 Å². The van der Waals surface area contributed by atoms with Crippen LogP contribution in [0.3, 0.4) is 0 Å². The van der Waals surface area contributed by atoms with E-state index >= 15 is 0 Å². The van der Waals surface area contributed by atoms with Crippen LogP contribution < -0.4 is 0 Å². The first-order valence-electron chi connectivity index (χ1n) is 4.65. The Morgan fingerprint density at radius 3 is 1.54 bits per heavy atom. The Kier molecular flexibility index (Phi) is 44.3. The van der Waals surface area contributed by atoms with Crippen LogP contribution in [0.2, 0.25) is 0 Å². The lowest BCUT2D eigenvalue weighted by Gasteiger charge is -2.02. The molecule has 0 aliphatic heterocycles. The summed E-state index contributed by atoms with van der Waals surface area (Å²) in [6.45, 7) is 1.72. The van der Waals surface area contributed by atoms with Gasteiger partial charge < -0.3 is 0 Å². The first kappa shape index (κ1) is 33.0. The molecule has 6 nitrogen and oxygen atoms in total. The van der Waals surface area contributed by atoms with E-state index in [4.69, 9.17) is 51.3 Å². The molecule has 0 amide bonds. The largest absolute Gasteiger partial charge is 0.269 e. The van der Waals surface area contributed by atoms with Crippen LogP contribution >= 0.6 is 0 Å². The van der Waals surface area contributed by atoms with Crippen LogP contribution in [0, 0.1) is 10.1 Å². The molecule has 24 heavy (non-hydrogen) atoms. The summed E-state index contributed by atoms with van der Waals surface area (Å²) < 4.78 is 80.0. The minimum absolute atomic E-state index is 0.0295. The van der Waals surface area contributed by atoms with E-state index in [-0.39, 0.29) is 11.7 Å². The van der Waals surface area contributed by atoms with Crippen molar-refractivity contribution < 1.29 is 50.7 Å². The normalized spacial score (nSPS) is 7.96. The van der Waals surface area contributed by atoms with Gasteiger partial charge in [0.1, 0.15) is 0 Å². The van der Waals surface area contributed by atoms with Gasteiger partial charge in [-0.05, 0) is 11.1 Å². The summed E-state index contributed by atoms with van der Waals surface area (Å²) in [7, 11) is 0. The molecule has 0 aromatic heterocycles. The second kappa shape index (κ2) is 32.3. The first-order valence-corrected chi connectivity index (χ1v) is 4.65. The van der Waals surface area contributed by atoms with Crippen LogP contribution in [0.1, 0.15) is 18.5 Å². The molecule has 0 fully saturated rings. The second-order valence-electron chi connectivity index (χ2n) is 2.73. The van der Waals surface area contributed by atoms with Gasteiger partial charge in [0, 0.05) is 62.8 Å². The van der Waals surface area contributed by atoms with Gasteiger partial charge in [-0.2, -0.15) is 0 Å². The quantitative estimate of drug-likeness (QED) is 0.138. The number of nitrogens with zero attached hydrogens (tertiary/aromatic N) is 4. The van der Waals surface area contributed by atoms with E-state index in [0.717, 1.165) is 5.56 Å². The van der Waals surface area contributed by atoms with Crippen LogP contribution in [0.4, 0.5) is 51.4 Å². The molecule has 0 heterocycles. The average molecular weight is 382 g/mol. The highest BCUT2D eigenvalue weighted by molar-refractivity contribution is 5.34. The number of azide groups is 1. The summed E-state index contributed by atoms with van der Waals surface area (Å²) in [6.07, 6.45) is 0. The molecule has 1 aromatic carbocycles. The highest BCUT2D eigenvalue weighted by Gasteiger charge is 2.06. The molecule has 0 spiro atoms. The van der Waals surface area contributed by atoms with Crippen molar-refractivity contribution in [3.8, 4) is 0 Å². The topological polar surface area (TPSA) is 91.9 Å². The monoisotopic (exact) mass is 382 g/mol. The smallest absolute Gasteiger partial charge is 0.258 e. The van der Waals surface area contributed by atoms with Crippen molar-refractivity contribution in [3.63, 3.8) is 0 Å². The minimum atomic E-state index is -0.470. The SMILES string of the molecule is C[C@H](N=[N+]=[N-])c1ccc([N+](=O)[O-])cc1.FF.FF.FF.FF.FF. The first-order chi connectivity index (χ1) is 11.6. The molecule has 0 aliphatic rings. The van der Waals surface area contributed by atoms with Gasteiger partial charge >= 0.3 is 0 Å². The van der Waals surface area contributed by atoms with Crippen molar-refractivity contribution in [2.45, 2.75) is 13.0 Å². The minimum Gasteiger partial charge on any atom is -0.258 e. The zero-order chi connectivity index (χ0) is 20.6. The maximum Gasteiger partial charge on any atom is 0.269 e. The number of benzene rings is 1. The fraction of sp³-hybridized carbons (Fsp3) is 0.250. The molecule has 0 bridgehead atoms. The molecule has 0 N–H and O–H groups in total. The summed E-state index contributed by atoms with van der Waals surface area (Å²) in [5, 5.41) is 13.8. The Morgan fingerprint density at radius 1 is 0.958 bits per heavy atom. The van der Waals surface area contributed by atoms with Gasteiger partial charge in [-0.1, -0.05) is 24.2 Å². The van der Waals surface area contributed by atoms with Gasteiger partial charge in [-0.25, -0.2) is 0 Å². The van der Waals surface area contributed by atoms with Crippen LogP contribution in [0.25, 0.3) is 10.4 Å². The number of nitro benzene ring substituents is 1. The molecular weight excluding hydrogens is 374 g/mol. The molecule has 1 rings (SSSR count). The lowest BCUT2D eigenvalue weighted by Crippen LogP contribution is -1.90. The third-order valence-corrected chi connectivity index (χ3v) is 1.81. The van der Waals surface area contributed by atoms with Crippen molar-refractivity contribution in [3.05, 3.63) is 50.4 Å². The highest BCUT2D eigenvalue weighted by atomic mass is 20.0. The van der Waals surface area contributed by atoms with Gasteiger partial charge in [0.15, 0.2) is 0 Å². The van der Waals surface area contributed by atoms with E-state index in [0.29, 0.717) is 0 Å². The van der Waals surface area contributed by atoms with Crippen LogP contribution in [-0.4, -0.2) is 4.92 Å². The number of hydrogen-bond acceptors (Lipinski definition) is 3. The Bertz CT molecular complexity index is 404. The molecule has 0 saturated heterocycles. The van der Waals surface area contributed by atoms with E-state index in [1.165, 1.54) is 12.1 Å². The van der Waals surface area contributed by atoms with E-state index in [1.807, 2.05) is 0 Å². The molecule has 0 aliphatic carbocycles. The average Bonchev–Trinajstić information content (AvgIpc) is 2.70. The molecule has 16 heteroatoms. The van der Waals surface area contributed by atoms with Crippen molar-refractivity contribution in [2.24, 2.45) is 5.11 Å². The molecule has 0 unspecified atom stereocenters. The van der Waals surface area contributed by atoms with Crippen LogP contribution in [-0.2, 0) is 0 Å². The standard InChI is InChI=1S/C8H8N4O2.5F2/c1-6(10-11-9)7-2-4-8(5-3-7)12(13)14;5*1-2/h2-6H,1H3;;;;;/t6-;;;;;/m0...../s1. The Morgan fingerprint density at radius 2 is 1.29 bits per heavy atom. The maximum atomic E-state index is 10.3. The lowest BCUT2D eigenvalue weighted by molar-refractivity contribution is -0.384. The predicted octanol–water partition coefficient (Wildman–Crippen LogP) is 7.17. The second-order valence-corrected chi connectivity index (χ2v) is 2.73. The van der Waals surface area contributed by atoms with Crippen molar-refractivity contribution >= 4 is 5.69 Å². The fourth-order valence-electron chi connectivity index (χ4n) is 1.02. The molecule has 1 aromatic rings. The molecule has 0 saturated carbocycles. The van der Waals surface area contributed by atoms with Gasteiger partial charge in [0.2, 0.25) is 0 Å². The van der Waals surface area contributed by atoms with Gasteiger partial charge in [0.25, 0.3) is 5.69 Å². The summed E-state index contributed by atoms with van der Waals surface area (Å²) in [5.74, 6) is 0. The summed E-state index contributed by atoms with van der Waals surface area (Å²) in [5.41, 5.74) is 8.98. The number of halogens is 10. The summed E-state index contributed by atoms with van der Waals surface area (Å²) >= 11 is 0. The lowest BCUT2D eigenvalue weighted by atomic mass is 10.1. The molecular formula is C8H8F10N4O2. The van der Waals surface area contributed by atoms with Crippen molar-refractivity contribution in [2.75, 3.05) is 0 Å². The highest BCUT2D eigenvalue weighted by Crippen LogP contribution is 2.19. The number of rotatable bonds is 3. The van der Waals surface area contributed by atoms with Gasteiger partial charge in [-0.15, -0.1) is 0 Å². The van der Waals surface area contributed by atoms with Gasteiger partial charge in [-0.3, -0.25) is 10.1 Å². The molecule has 1 atom stereocenters. The number of nitro groups is 1. The van der Waals surface area contributed by atoms with E-state index in [1.54, 1.807) is 19.1 Å². The number of hydrogen-bond donors (Lipinski definition) is 0. The van der Waals surface area contributed by atoms with Gasteiger partial charge in [0.05, 0.1) is 11.0 Å². The van der Waals surface area contributed by atoms with Crippen LogP contribution in [0.5, 0.6) is 0 Å². The molecule has 142 valence electrons. The van der Waals surface area contributed by atoms with E-state index in [9.17, 15) is 10.1 Å². The number of non-ortho nitro benzene ring substituents is 1. The Hall–Kier alpha value is -2.77. The fourth-order valence-corrected chi connectivity index (χ4v) is 1.02. The van der Waals surface area contributed by atoms with E-state index in [2.05, 4.69) is 10.0 Å². The maximum absolute atomic E-state index is 10.3. The zero-order valence-corrected chi connectivity index (χ0v) is 11.3. The zero-order valence-electron chi connectivity index (χ0n) is 11.3. The summed E-state index contributed by atoms with van der Waals surface area (Å²) in [6, 6.07) is 5.63.